The van der Waals surface area contributed by atoms with Crippen molar-refractivity contribution in [2.45, 2.75) is 20.3 Å². The van der Waals surface area contributed by atoms with Crippen LogP contribution in [0.2, 0.25) is 0 Å². The molecule has 0 aromatic carbocycles. The number of nitrogens with zero attached hydrogens (tertiary/aromatic N) is 3. The van der Waals surface area contributed by atoms with Crippen LogP contribution in [0.3, 0.4) is 0 Å². The summed E-state index contributed by atoms with van der Waals surface area (Å²) in [5.41, 5.74) is 6.39. The van der Waals surface area contributed by atoms with E-state index < -0.39 is 0 Å². The molecule has 4 N–H and O–H groups in total. The highest BCUT2D eigenvalue weighted by atomic mass is 16.5. The van der Waals surface area contributed by atoms with Crippen LogP contribution in [0.25, 0.3) is 0 Å². The Hall–Kier alpha value is -2.31. The minimum atomic E-state index is 0.430. The van der Waals surface area contributed by atoms with Gasteiger partial charge >= 0.3 is 0 Å². The summed E-state index contributed by atoms with van der Waals surface area (Å²) in [6.45, 7) is 5.46. The fraction of sp³-hybridized carbons (Fsp3) is 0.462. The van der Waals surface area contributed by atoms with Gasteiger partial charge in [-0.3, -0.25) is 5.10 Å². The molecule has 0 atom stereocenters. The van der Waals surface area contributed by atoms with Gasteiger partial charge in [0.2, 0.25) is 5.88 Å². The number of aromatic nitrogens is 4. The number of nitrogens with one attached hydrogen (secondary N) is 2. The number of H-pyrrole nitrogens is 1. The van der Waals surface area contributed by atoms with Crippen molar-refractivity contribution in [3.8, 4) is 5.88 Å². The van der Waals surface area contributed by atoms with Gasteiger partial charge in [-0.05, 0) is 18.1 Å². The lowest BCUT2D eigenvalue weighted by atomic mass is 10.2. The SMILES string of the molecule is CC(C)COc1nc(NCCc2ncn[nH]2)ccc1N. The van der Waals surface area contributed by atoms with Gasteiger partial charge in [0.1, 0.15) is 18.0 Å². The first-order chi connectivity index (χ1) is 9.65. The zero-order chi connectivity index (χ0) is 14.4. The first-order valence-corrected chi connectivity index (χ1v) is 6.62. The predicted octanol–water partition coefficient (Wildman–Crippen LogP) is 1.47. The maximum atomic E-state index is 5.84. The minimum absolute atomic E-state index is 0.430. The molecule has 20 heavy (non-hydrogen) atoms. The fourth-order valence-electron chi connectivity index (χ4n) is 1.57. The van der Waals surface area contributed by atoms with Crippen molar-refractivity contribution in [2.24, 2.45) is 5.92 Å². The smallest absolute Gasteiger partial charge is 0.239 e. The van der Waals surface area contributed by atoms with Crippen molar-refractivity contribution in [2.75, 3.05) is 24.2 Å². The summed E-state index contributed by atoms with van der Waals surface area (Å²) in [5, 5.41) is 9.81. The number of hydrogen-bond acceptors (Lipinski definition) is 6. The Kier molecular flexibility index (Phi) is 4.75. The molecule has 2 aromatic rings. The Morgan fingerprint density at radius 1 is 1.40 bits per heavy atom. The summed E-state index contributed by atoms with van der Waals surface area (Å²) in [4.78, 5) is 8.41. The molecule has 108 valence electrons. The average molecular weight is 276 g/mol. The van der Waals surface area contributed by atoms with Crippen LogP contribution in [-0.2, 0) is 6.42 Å². The summed E-state index contributed by atoms with van der Waals surface area (Å²) >= 11 is 0. The molecular weight excluding hydrogens is 256 g/mol. The third-order valence-corrected chi connectivity index (χ3v) is 2.58. The van der Waals surface area contributed by atoms with E-state index in [1.54, 1.807) is 6.07 Å². The van der Waals surface area contributed by atoms with Gasteiger partial charge in [0, 0.05) is 13.0 Å². The lowest BCUT2D eigenvalue weighted by molar-refractivity contribution is 0.263. The Bertz CT molecular complexity index is 526. The maximum Gasteiger partial charge on any atom is 0.239 e. The second-order valence-corrected chi connectivity index (χ2v) is 4.90. The molecule has 2 heterocycles. The highest BCUT2D eigenvalue weighted by Crippen LogP contribution is 2.21. The monoisotopic (exact) mass is 276 g/mol. The van der Waals surface area contributed by atoms with Gasteiger partial charge < -0.3 is 15.8 Å². The number of pyridine rings is 1. The van der Waals surface area contributed by atoms with Crippen molar-refractivity contribution < 1.29 is 4.74 Å². The van der Waals surface area contributed by atoms with Gasteiger partial charge in [0.25, 0.3) is 0 Å². The number of hydrogen-bond donors (Lipinski definition) is 3. The molecule has 2 rings (SSSR count). The van der Waals surface area contributed by atoms with E-state index in [1.165, 1.54) is 6.33 Å². The van der Waals surface area contributed by atoms with Crippen molar-refractivity contribution >= 4 is 11.5 Å². The number of ether oxygens (including phenoxy) is 1. The van der Waals surface area contributed by atoms with Crippen LogP contribution >= 0.6 is 0 Å². The molecule has 0 spiro atoms. The summed E-state index contributed by atoms with van der Waals surface area (Å²) in [6, 6.07) is 3.62. The van der Waals surface area contributed by atoms with Crippen LogP contribution in [-0.4, -0.2) is 33.3 Å². The van der Waals surface area contributed by atoms with Crippen LogP contribution in [0.4, 0.5) is 11.5 Å². The van der Waals surface area contributed by atoms with E-state index in [9.17, 15) is 0 Å². The molecule has 0 unspecified atom stereocenters. The number of anilines is 2. The molecule has 7 heteroatoms. The van der Waals surface area contributed by atoms with Gasteiger partial charge in [-0.15, -0.1) is 0 Å². The number of nitrogens with two attached hydrogens (primary N) is 1. The summed E-state index contributed by atoms with van der Waals surface area (Å²) in [6.07, 6.45) is 2.24. The first-order valence-electron chi connectivity index (χ1n) is 6.62. The molecule has 0 fully saturated rings. The predicted molar refractivity (Wildman–Crippen MR) is 77.6 cm³/mol. The van der Waals surface area contributed by atoms with Crippen molar-refractivity contribution in [3.63, 3.8) is 0 Å². The van der Waals surface area contributed by atoms with Crippen molar-refractivity contribution in [1.82, 2.24) is 20.2 Å². The van der Waals surface area contributed by atoms with E-state index in [1.807, 2.05) is 6.07 Å². The molecular formula is C13H20N6O. The number of nitrogen functional groups attached to an aromatic ring is 1. The summed E-state index contributed by atoms with van der Waals surface area (Å²) in [7, 11) is 0. The molecule has 0 amide bonds. The van der Waals surface area contributed by atoms with E-state index >= 15 is 0 Å². The van der Waals surface area contributed by atoms with Crippen LogP contribution in [0.15, 0.2) is 18.5 Å². The van der Waals surface area contributed by atoms with Crippen LogP contribution in [0.1, 0.15) is 19.7 Å². The zero-order valence-corrected chi connectivity index (χ0v) is 11.8. The van der Waals surface area contributed by atoms with E-state index in [0.717, 1.165) is 18.1 Å². The second-order valence-electron chi connectivity index (χ2n) is 4.90. The lowest BCUT2D eigenvalue weighted by Gasteiger charge is -2.12. The van der Waals surface area contributed by atoms with E-state index in [2.05, 4.69) is 39.3 Å². The number of rotatable bonds is 7. The molecule has 2 aromatic heterocycles. The third kappa shape index (κ3) is 4.11. The molecule has 0 saturated heterocycles. The topological polar surface area (TPSA) is 102 Å². The average Bonchev–Trinajstić information content (AvgIpc) is 2.92. The summed E-state index contributed by atoms with van der Waals surface area (Å²) in [5.74, 6) is 2.48. The minimum Gasteiger partial charge on any atom is -0.476 e. The first kappa shape index (κ1) is 14.1. The Morgan fingerprint density at radius 3 is 2.95 bits per heavy atom. The Morgan fingerprint density at radius 2 is 2.25 bits per heavy atom. The highest BCUT2D eigenvalue weighted by molar-refractivity contribution is 5.53. The molecule has 0 radical (unpaired) electrons. The molecule has 0 aliphatic rings. The molecule has 0 saturated carbocycles. The van der Waals surface area contributed by atoms with Crippen LogP contribution in [0, 0.1) is 5.92 Å². The van der Waals surface area contributed by atoms with E-state index in [-0.39, 0.29) is 0 Å². The van der Waals surface area contributed by atoms with Gasteiger partial charge in [-0.25, -0.2) is 4.98 Å². The maximum absolute atomic E-state index is 5.84. The normalized spacial score (nSPS) is 10.8. The highest BCUT2D eigenvalue weighted by Gasteiger charge is 2.06. The van der Waals surface area contributed by atoms with Crippen LogP contribution < -0.4 is 15.8 Å². The van der Waals surface area contributed by atoms with Gasteiger partial charge in [0.15, 0.2) is 0 Å². The quantitative estimate of drug-likeness (QED) is 0.708. The molecule has 7 nitrogen and oxygen atoms in total. The number of aromatic amines is 1. The van der Waals surface area contributed by atoms with E-state index in [4.69, 9.17) is 10.5 Å². The van der Waals surface area contributed by atoms with Crippen LogP contribution in [0.5, 0.6) is 5.88 Å². The third-order valence-electron chi connectivity index (χ3n) is 2.58. The largest absolute Gasteiger partial charge is 0.476 e. The Balaban J connectivity index is 1.89. The fourth-order valence-corrected chi connectivity index (χ4v) is 1.57. The molecule has 0 bridgehead atoms. The van der Waals surface area contributed by atoms with Crippen molar-refractivity contribution in [1.29, 1.82) is 0 Å². The molecule has 0 aliphatic heterocycles. The standard InChI is InChI=1S/C13H20N6O/c1-9(2)7-20-13-10(14)3-4-11(18-13)15-6-5-12-16-8-17-19-12/h3-4,8-9H,5-7,14H2,1-2H3,(H,15,18)(H,16,17,19). The second kappa shape index (κ2) is 6.74. The van der Waals surface area contributed by atoms with Crippen molar-refractivity contribution in [3.05, 3.63) is 24.3 Å². The molecule has 0 aliphatic carbocycles. The zero-order valence-electron chi connectivity index (χ0n) is 11.8. The van der Waals surface area contributed by atoms with Gasteiger partial charge in [-0.2, -0.15) is 10.1 Å². The van der Waals surface area contributed by atoms with Gasteiger partial charge in [0.05, 0.1) is 12.3 Å². The summed E-state index contributed by atoms with van der Waals surface area (Å²) < 4.78 is 5.59. The van der Waals surface area contributed by atoms with Gasteiger partial charge in [-0.1, -0.05) is 13.8 Å². The lowest BCUT2D eigenvalue weighted by Crippen LogP contribution is -2.10. The Labute approximate surface area is 118 Å². The van der Waals surface area contributed by atoms with E-state index in [0.29, 0.717) is 30.6 Å².